The van der Waals surface area contributed by atoms with Crippen molar-refractivity contribution in [1.82, 2.24) is 4.90 Å². The highest BCUT2D eigenvalue weighted by Crippen LogP contribution is 2.25. The normalized spacial score (nSPS) is 15.1. The van der Waals surface area contributed by atoms with Gasteiger partial charge in [0.25, 0.3) is 0 Å². The molecular formula is C11H12ClNO. The molecule has 1 heterocycles. The summed E-state index contributed by atoms with van der Waals surface area (Å²) in [6, 6.07) is 5.92. The average molecular weight is 210 g/mol. The van der Waals surface area contributed by atoms with Crippen molar-refractivity contribution in [1.29, 1.82) is 0 Å². The number of rotatable bonds is 0. The number of amides is 1. The molecule has 0 unspecified atom stereocenters. The fourth-order valence-electron chi connectivity index (χ4n) is 1.81. The molecule has 1 aliphatic rings. The second kappa shape index (κ2) is 3.62. The highest BCUT2D eigenvalue weighted by Gasteiger charge is 2.19. The van der Waals surface area contributed by atoms with E-state index >= 15 is 0 Å². The molecule has 1 amide bonds. The lowest BCUT2D eigenvalue weighted by Gasteiger charge is -2.28. The van der Waals surface area contributed by atoms with Crippen molar-refractivity contribution in [3.8, 4) is 0 Å². The molecule has 2 rings (SSSR count). The van der Waals surface area contributed by atoms with Gasteiger partial charge < -0.3 is 4.90 Å². The molecule has 1 aromatic rings. The van der Waals surface area contributed by atoms with Crippen molar-refractivity contribution < 1.29 is 4.79 Å². The second-order valence-electron chi connectivity index (χ2n) is 3.57. The molecule has 0 spiro atoms. The molecule has 0 atom stereocenters. The Hall–Kier alpha value is -1.02. The summed E-state index contributed by atoms with van der Waals surface area (Å²) < 4.78 is 0. The molecule has 0 aromatic heterocycles. The summed E-state index contributed by atoms with van der Waals surface area (Å²) in [6.45, 7) is 3.06. The third-order valence-electron chi connectivity index (χ3n) is 2.66. The Labute approximate surface area is 88.5 Å². The van der Waals surface area contributed by atoms with Crippen molar-refractivity contribution in [3.05, 3.63) is 34.3 Å². The molecular weight excluding hydrogens is 198 g/mol. The van der Waals surface area contributed by atoms with Crippen molar-refractivity contribution in [3.63, 3.8) is 0 Å². The summed E-state index contributed by atoms with van der Waals surface area (Å²) in [5.74, 6) is 0.121. The van der Waals surface area contributed by atoms with Gasteiger partial charge in [-0.2, -0.15) is 0 Å². The fourth-order valence-corrected chi connectivity index (χ4v) is 2.06. The summed E-state index contributed by atoms with van der Waals surface area (Å²) in [5, 5.41) is 0.772. The van der Waals surface area contributed by atoms with Crippen molar-refractivity contribution in [2.75, 3.05) is 6.54 Å². The van der Waals surface area contributed by atoms with Gasteiger partial charge in [0.1, 0.15) is 0 Å². The molecule has 1 aromatic carbocycles. The van der Waals surface area contributed by atoms with Crippen molar-refractivity contribution in [2.24, 2.45) is 0 Å². The molecule has 0 N–H and O–H groups in total. The summed E-state index contributed by atoms with van der Waals surface area (Å²) in [7, 11) is 0. The second-order valence-corrected chi connectivity index (χ2v) is 3.98. The van der Waals surface area contributed by atoms with E-state index in [1.54, 1.807) is 6.92 Å². The molecule has 74 valence electrons. The first kappa shape index (κ1) is 9.53. The van der Waals surface area contributed by atoms with E-state index in [9.17, 15) is 4.79 Å². The number of hydrogen-bond donors (Lipinski definition) is 0. The average Bonchev–Trinajstić information content (AvgIpc) is 2.18. The minimum absolute atomic E-state index is 0.121. The maximum atomic E-state index is 11.2. The lowest BCUT2D eigenvalue weighted by atomic mass is 10.00. The highest BCUT2D eigenvalue weighted by molar-refractivity contribution is 6.31. The summed E-state index contributed by atoms with van der Waals surface area (Å²) >= 11 is 6.07. The number of nitrogens with zero attached hydrogens (tertiary/aromatic N) is 1. The van der Waals surface area contributed by atoms with Gasteiger partial charge in [0.05, 0.1) is 0 Å². The topological polar surface area (TPSA) is 20.3 Å². The molecule has 0 fully saturated rings. The maximum Gasteiger partial charge on any atom is 0.219 e. The summed E-state index contributed by atoms with van der Waals surface area (Å²) in [5.41, 5.74) is 2.38. The number of hydrogen-bond acceptors (Lipinski definition) is 1. The van der Waals surface area contributed by atoms with Gasteiger partial charge in [-0.3, -0.25) is 4.79 Å². The first-order chi connectivity index (χ1) is 6.68. The zero-order chi connectivity index (χ0) is 10.1. The van der Waals surface area contributed by atoms with Crippen LogP contribution >= 0.6 is 11.6 Å². The van der Waals surface area contributed by atoms with Gasteiger partial charge in [0.2, 0.25) is 5.91 Å². The molecule has 3 heteroatoms. The Bertz CT molecular complexity index is 376. The third-order valence-corrected chi connectivity index (χ3v) is 3.02. The smallest absolute Gasteiger partial charge is 0.219 e. The van der Waals surface area contributed by atoms with Crippen molar-refractivity contribution in [2.45, 2.75) is 19.9 Å². The van der Waals surface area contributed by atoms with Crippen LogP contribution in [-0.4, -0.2) is 17.4 Å². The molecule has 0 bridgehead atoms. The Morgan fingerprint density at radius 1 is 1.50 bits per heavy atom. The van der Waals surface area contributed by atoms with E-state index in [0.29, 0.717) is 6.54 Å². The van der Waals surface area contributed by atoms with Crippen LogP contribution in [0.2, 0.25) is 5.02 Å². The first-order valence-electron chi connectivity index (χ1n) is 4.70. The number of halogens is 1. The molecule has 1 aliphatic heterocycles. The van der Waals surface area contributed by atoms with E-state index in [2.05, 4.69) is 6.07 Å². The van der Waals surface area contributed by atoms with Crippen LogP contribution in [0.25, 0.3) is 0 Å². The predicted octanol–water partition coefficient (Wildman–Crippen LogP) is 2.24. The molecule has 0 aliphatic carbocycles. The Morgan fingerprint density at radius 3 is 3.00 bits per heavy atom. The van der Waals surface area contributed by atoms with E-state index in [0.717, 1.165) is 23.6 Å². The lowest BCUT2D eigenvalue weighted by molar-refractivity contribution is -0.129. The monoisotopic (exact) mass is 209 g/mol. The third kappa shape index (κ3) is 1.62. The molecule has 2 nitrogen and oxygen atoms in total. The van der Waals surface area contributed by atoms with E-state index in [1.807, 2.05) is 17.0 Å². The van der Waals surface area contributed by atoms with E-state index in [4.69, 9.17) is 11.6 Å². The van der Waals surface area contributed by atoms with Crippen LogP contribution < -0.4 is 0 Å². The zero-order valence-corrected chi connectivity index (χ0v) is 8.84. The standard InChI is InChI=1S/C11H12ClNO/c1-8(14)13-6-5-9-3-2-4-11(12)10(9)7-13/h2-4H,5-7H2,1H3. The highest BCUT2D eigenvalue weighted by atomic mass is 35.5. The van der Waals surface area contributed by atoms with Crippen LogP contribution in [0.1, 0.15) is 18.1 Å². The quantitative estimate of drug-likeness (QED) is 0.642. The molecule has 0 saturated carbocycles. The van der Waals surface area contributed by atoms with Crippen molar-refractivity contribution >= 4 is 17.5 Å². The zero-order valence-electron chi connectivity index (χ0n) is 8.09. The number of carbonyl (C=O) groups excluding carboxylic acids is 1. The van der Waals surface area contributed by atoms with Crippen LogP contribution in [0.4, 0.5) is 0 Å². The summed E-state index contributed by atoms with van der Waals surface area (Å²) in [4.78, 5) is 13.0. The largest absolute Gasteiger partial charge is 0.338 e. The van der Waals surface area contributed by atoms with Gasteiger partial charge in [-0.05, 0) is 23.6 Å². The van der Waals surface area contributed by atoms with Crippen LogP contribution in [0.15, 0.2) is 18.2 Å². The van der Waals surface area contributed by atoms with Gasteiger partial charge in [-0.15, -0.1) is 0 Å². The van der Waals surface area contributed by atoms with E-state index in [1.165, 1.54) is 5.56 Å². The van der Waals surface area contributed by atoms with Crippen LogP contribution in [0.5, 0.6) is 0 Å². The van der Waals surface area contributed by atoms with E-state index < -0.39 is 0 Å². The minimum atomic E-state index is 0.121. The number of benzene rings is 1. The molecule has 0 saturated heterocycles. The van der Waals surface area contributed by atoms with Crippen LogP contribution in [0, 0.1) is 0 Å². The predicted molar refractivity (Wildman–Crippen MR) is 56.2 cm³/mol. The van der Waals surface area contributed by atoms with Gasteiger partial charge >= 0.3 is 0 Å². The number of carbonyl (C=O) groups is 1. The van der Waals surface area contributed by atoms with Gasteiger partial charge in [-0.1, -0.05) is 23.7 Å². The first-order valence-corrected chi connectivity index (χ1v) is 5.08. The van der Waals surface area contributed by atoms with Gasteiger partial charge in [0.15, 0.2) is 0 Å². The summed E-state index contributed by atoms with van der Waals surface area (Å²) in [6.07, 6.45) is 0.912. The Morgan fingerprint density at radius 2 is 2.29 bits per heavy atom. The SMILES string of the molecule is CC(=O)N1CCc2cccc(Cl)c2C1. The fraction of sp³-hybridized carbons (Fsp3) is 0.364. The number of fused-ring (bicyclic) bond motifs is 1. The van der Waals surface area contributed by atoms with Gasteiger partial charge in [-0.25, -0.2) is 0 Å². The molecule has 0 radical (unpaired) electrons. The van der Waals surface area contributed by atoms with Crippen LogP contribution in [0.3, 0.4) is 0 Å². The minimum Gasteiger partial charge on any atom is -0.338 e. The molecule has 14 heavy (non-hydrogen) atoms. The van der Waals surface area contributed by atoms with Gasteiger partial charge in [0, 0.05) is 25.0 Å². The maximum absolute atomic E-state index is 11.2. The lowest BCUT2D eigenvalue weighted by Crippen LogP contribution is -2.34. The van der Waals surface area contributed by atoms with Crippen LogP contribution in [-0.2, 0) is 17.8 Å². The van der Waals surface area contributed by atoms with E-state index in [-0.39, 0.29) is 5.91 Å². The Balaban J connectivity index is 2.33. The Kier molecular flexibility index (Phi) is 2.46.